The fourth-order valence-electron chi connectivity index (χ4n) is 3.89. The Bertz CT molecular complexity index is 1750. The van der Waals surface area contributed by atoms with Crippen LogP contribution in [0.15, 0.2) is 107 Å². The number of carbonyl (C=O) groups is 3. The van der Waals surface area contributed by atoms with Crippen LogP contribution in [0.3, 0.4) is 0 Å². The highest BCUT2D eigenvalue weighted by Gasteiger charge is 2.20. The number of aromatic nitrogens is 2. The van der Waals surface area contributed by atoms with Gasteiger partial charge in [-0.25, -0.2) is 23.9 Å². The minimum absolute atomic E-state index is 0.00154. The second kappa shape index (κ2) is 13.6. The zero-order chi connectivity index (χ0) is 30.2. The Balaban J connectivity index is 1.25. The quantitative estimate of drug-likeness (QED) is 0.135. The van der Waals surface area contributed by atoms with Crippen molar-refractivity contribution in [2.24, 2.45) is 0 Å². The van der Waals surface area contributed by atoms with Gasteiger partial charge in [0.15, 0.2) is 6.73 Å². The van der Waals surface area contributed by atoms with Gasteiger partial charge >= 0.3 is 18.2 Å². The van der Waals surface area contributed by atoms with Crippen molar-refractivity contribution in [3.63, 3.8) is 0 Å². The highest BCUT2D eigenvalue weighted by atomic mass is 35.5. The summed E-state index contributed by atoms with van der Waals surface area (Å²) in [5.41, 5.74) is 2.09. The van der Waals surface area contributed by atoms with Gasteiger partial charge in [-0.05, 0) is 78.9 Å². The lowest BCUT2D eigenvalue weighted by atomic mass is 10.3. The van der Waals surface area contributed by atoms with Crippen LogP contribution in [0.5, 0.6) is 5.75 Å². The second-order valence-corrected chi connectivity index (χ2v) is 10.4. The Kier molecular flexibility index (Phi) is 9.29. The zero-order valence-corrected chi connectivity index (χ0v) is 24.2. The summed E-state index contributed by atoms with van der Waals surface area (Å²) in [6.45, 7) is 0.0294. The molecular weight excluding hydrogens is 592 g/mol. The molecule has 0 fully saturated rings. The van der Waals surface area contributed by atoms with E-state index in [4.69, 9.17) is 21.1 Å². The zero-order valence-electron chi connectivity index (χ0n) is 22.7. The Hall–Kier alpha value is -5.20. The molecule has 4 amide bonds. The molecule has 0 bridgehead atoms. The molecule has 0 saturated carbocycles. The van der Waals surface area contributed by atoms with E-state index in [9.17, 15) is 14.4 Å². The molecule has 11 nitrogen and oxygen atoms in total. The van der Waals surface area contributed by atoms with Crippen LogP contribution >= 0.6 is 23.4 Å². The number of halogens is 1. The molecule has 0 atom stereocenters. The summed E-state index contributed by atoms with van der Waals surface area (Å²) in [5, 5.41) is 11.2. The second-order valence-electron chi connectivity index (χ2n) is 8.83. The minimum Gasteiger partial charge on any atom is -0.473 e. The first-order valence-corrected chi connectivity index (χ1v) is 14.0. The van der Waals surface area contributed by atoms with Crippen LogP contribution in [0.25, 0.3) is 11.0 Å². The van der Waals surface area contributed by atoms with Gasteiger partial charge in [0.2, 0.25) is 5.95 Å². The van der Waals surface area contributed by atoms with Gasteiger partial charge in [0, 0.05) is 26.2 Å². The average Bonchev–Trinajstić information content (AvgIpc) is 3.36. The molecule has 0 spiro atoms. The molecule has 1 aromatic heterocycles. The van der Waals surface area contributed by atoms with E-state index in [0.717, 1.165) is 9.79 Å². The predicted molar refractivity (Wildman–Crippen MR) is 166 cm³/mol. The van der Waals surface area contributed by atoms with E-state index in [0.29, 0.717) is 33.2 Å². The fourth-order valence-corrected chi connectivity index (χ4v) is 4.86. The lowest BCUT2D eigenvalue weighted by Gasteiger charge is -2.10. The summed E-state index contributed by atoms with van der Waals surface area (Å²) in [4.78, 5) is 43.6. The van der Waals surface area contributed by atoms with E-state index >= 15 is 0 Å². The summed E-state index contributed by atoms with van der Waals surface area (Å²) in [5.74, 6) is 0.657. The van der Waals surface area contributed by atoms with Crippen LogP contribution in [0, 0.1) is 0 Å². The third kappa shape index (κ3) is 7.76. The van der Waals surface area contributed by atoms with Crippen molar-refractivity contribution in [3.8, 4) is 5.75 Å². The number of benzene rings is 4. The van der Waals surface area contributed by atoms with Gasteiger partial charge in [0.05, 0.1) is 18.1 Å². The summed E-state index contributed by atoms with van der Waals surface area (Å²) < 4.78 is 11.4. The van der Waals surface area contributed by atoms with Crippen LogP contribution in [0.4, 0.5) is 31.7 Å². The summed E-state index contributed by atoms with van der Waals surface area (Å²) >= 11 is 7.41. The number of fused-ring (bicyclic) bond motifs is 1. The number of methoxy groups -OCH3 is 1. The maximum absolute atomic E-state index is 13.2. The smallest absolute Gasteiger partial charge is 0.413 e. The molecule has 218 valence electrons. The standard InChI is InChI=1S/C30H25ClN6O5S/c1-41-30(40)36-27-35-25-17-24(15-16-26(25)37(27)29(39)34-21-9-7-19(31)8-10-21)43-23-13-11-20(12-14-23)33-28(38)32-18-42-22-5-3-2-4-6-22/h2-17H,18H2,1H3,(H,34,39)(H2,32,33,38)(H,35,36,40). The molecule has 0 unspecified atom stereocenters. The third-order valence-electron chi connectivity index (χ3n) is 5.89. The highest BCUT2D eigenvalue weighted by molar-refractivity contribution is 7.99. The van der Waals surface area contributed by atoms with Gasteiger partial charge in [-0.1, -0.05) is 41.6 Å². The number of para-hydroxylation sites is 1. The van der Waals surface area contributed by atoms with Gasteiger partial charge in [0.25, 0.3) is 0 Å². The minimum atomic E-state index is -0.767. The highest BCUT2D eigenvalue weighted by Crippen LogP contribution is 2.32. The van der Waals surface area contributed by atoms with Crippen molar-refractivity contribution in [2.75, 3.05) is 29.8 Å². The molecule has 5 rings (SSSR count). The molecule has 0 radical (unpaired) electrons. The first-order chi connectivity index (χ1) is 20.9. The van der Waals surface area contributed by atoms with Crippen molar-refractivity contribution in [3.05, 3.63) is 102 Å². The van der Waals surface area contributed by atoms with E-state index in [1.54, 1.807) is 60.7 Å². The lowest BCUT2D eigenvalue weighted by molar-refractivity contribution is 0.186. The number of urea groups is 1. The first-order valence-electron chi connectivity index (χ1n) is 12.8. The van der Waals surface area contributed by atoms with E-state index in [-0.39, 0.29) is 12.7 Å². The van der Waals surface area contributed by atoms with E-state index in [1.807, 2.05) is 36.4 Å². The molecule has 0 aliphatic carbocycles. The molecule has 13 heteroatoms. The van der Waals surface area contributed by atoms with Crippen molar-refractivity contribution in [1.82, 2.24) is 14.9 Å². The van der Waals surface area contributed by atoms with Crippen LogP contribution in [-0.4, -0.2) is 41.5 Å². The van der Waals surface area contributed by atoms with Gasteiger partial charge < -0.3 is 25.4 Å². The number of rotatable bonds is 8. The van der Waals surface area contributed by atoms with Gasteiger partial charge in [-0.2, -0.15) is 0 Å². The molecular formula is C30H25ClN6O5S. The Morgan fingerprint density at radius 3 is 2.23 bits per heavy atom. The van der Waals surface area contributed by atoms with Gasteiger partial charge in [-0.3, -0.25) is 5.32 Å². The number of hydrogen-bond acceptors (Lipinski definition) is 7. The molecule has 0 saturated heterocycles. The Labute approximate surface area is 255 Å². The third-order valence-corrected chi connectivity index (χ3v) is 7.14. The van der Waals surface area contributed by atoms with Crippen molar-refractivity contribution in [1.29, 1.82) is 0 Å². The number of nitrogens with one attached hydrogen (secondary N) is 4. The Morgan fingerprint density at radius 1 is 0.837 bits per heavy atom. The number of anilines is 3. The molecule has 4 N–H and O–H groups in total. The molecule has 43 heavy (non-hydrogen) atoms. The van der Waals surface area contributed by atoms with E-state index < -0.39 is 18.2 Å². The first kappa shape index (κ1) is 29.3. The fraction of sp³-hybridized carbons (Fsp3) is 0.0667. The topological polar surface area (TPSA) is 136 Å². The maximum Gasteiger partial charge on any atom is 0.413 e. The van der Waals surface area contributed by atoms with Gasteiger partial charge in [0.1, 0.15) is 5.75 Å². The predicted octanol–water partition coefficient (Wildman–Crippen LogP) is 7.26. The molecule has 1 heterocycles. The number of ether oxygens (including phenoxy) is 2. The number of nitrogens with zero attached hydrogens (tertiary/aromatic N) is 2. The van der Waals surface area contributed by atoms with E-state index in [2.05, 4.69) is 26.3 Å². The SMILES string of the molecule is COC(=O)Nc1nc2cc(Sc3ccc(NC(=O)NCOc4ccccc4)cc3)ccc2n1C(=O)Nc1ccc(Cl)cc1. The number of hydrogen-bond donors (Lipinski definition) is 4. The van der Waals surface area contributed by atoms with Gasteiger partial charge in [-0.15, -0.1) is 0 Å². The van der Waals surface area contributed by atoms with Crippen molar-refractivity contribution >= 4 is 69.9 Å². The monoisotopic (exact) mass is 616 g/mol. The Morgan fingerprint density at radius 2 is 1.51 bits per heavy atom. The summed E-state index contributed by atoms with van der Waals surface area (Å²) in [6, 6.07) is 27.6. The van der Waals surface area contributed by atoms with Crippen LogP contribution < -0.4 is 26.0 Å². The molecule has 0 aliphatic heterocycles. The largest absolute Gasteiger partial charge is 0.473 e. The average molecular weight is 617 g/mol. The number of carbonyl (C=O) groups excluding carboxylic acids is 3. The van der Waals surface area contributed by atoms with Crippen LogP contribution in [0.2, 0.25) is 5.02 Å². The number of imidazole rings is 1. The number of amides is 4. The van der Waals surface area contributed by atoms with E-state index in [1.165, 1.54) is 23.4 Å². The lowest BCUT2D eigenvalue weighted by Crippen LogP contribution is -2.31. The summed E-state index contributed by atoms with van der Waals surface area (Å²) in [6.07, 6.45) is -0.767. The van der Waals surface area contributed by atoms with Crippen LogP contribution in [-0.2, 0) is 4.74 Å². The van der Waals surface area contributed by atoms with Crippen molar-refractivity contribution < 1.29 is 23.9 Å². The summed E-state index contributed by atoms with van der Waals surface area (Å²) in [7, 11) is 1.22. The molecule has 5 aromatic rings. The van der Waals surface area contributed by atoms with Crippen LogP contribution in [0.1, 0.15) is 0 Å². The molecule has 0 aliphatic rings. The maximum atomic E-state index is 13.2. The normalized spacial score (nSPS) is 10.6. The molecule has 4 aromatic carbocycles. The van der Waals surface area contributed by atoms with Crippen molar-refractivity contribution in [2.45, 2.75) is 9.79 Å².